The molecule has 0 saturated carbocycles. The third kappa shape index (κ3) is 2.49. The molecule has 0 bridgehead atoms. The molecular weight excluding hydrogens is 270 g/mol. The molecule has 2 aromatic rings. The normalized spacial score (nSPS) is 18.8. The van der Waals surface area contributed by atoms with Crippen LogP contribution in [-0.4, -0.2) is 40.4 Å². The van der Waals surface area contributed by atoms with Gasteiger partial charge in [0, 0.05) is 32.5 Å². The molecule has 1 aliphatic heterocycles. The molecule has 8 nitrogen and oxygen atoms in total. The Morgan fingerprint density at radius 3 is 3.14 bits per heavy atom. The molecule has 1 aliphatic rings. The molecule has 21 heavy (non-hydrogen) atoms. The van der Waals surface area contributed by atoms with Gasteiger partial charge in [0.1, 0.15) is 0 Å². The summed E-state index contributed by atoms with van der Waals surface area (Å²) in [7, 11) is 1.67. The van der Waals surface area contributed by atoms with Crippen LogP contribution in [0.15, 0.2) is 18.6 Å². The van der Waals surface area contributed by atoms with E-state index < -0.39 is 0 Å². The number of hydrazine groups is 1. The average molecular weight is 289 g/mol. The van der Waals surface area contributed by atoms with Gasteiger partial charge in [0.25, 0.3) is 0 Å². The second kappa shape index (κ2) is 5.57. The van der Waals surface area contributed by atoms with Crippen LogP contribution in [-0.2, 0) is 4.79 Å². The summed E-state index contributed by atoms with van der Waals surface area (Å²) in [6, 6.07) is 0. The summed E-state index contributed by atoms with van der Waals surface area (Å²) >= 11 is 0. The predicted octanol–water partition coefficient (Wildman–Crippen LogP) is -0.0227. The molecule has 0 aliphatic carbocycles. The number of imidazole rings is 1. The van der Waals surface area contributed by atoms with Crippen LogP contribution < -0.4 is 21.5 Å². The monoisotopic (exact) mass is 289 g/mol. The fraction of sp³-hybridized carbons (Fsp3) is 0.462. The lowest BCUT2D eigenvalue weighted by Gasteiger charge is -2.32. The van der Waals surface area contributed by atoms with Gasteiger partial charge in [-0.1, -0.05) is 0 Å². The van der Waals surface area contributed by atoms with Crippen LogP contribution in [0.3, 0.4) is 0 Å². The quantitative estimate of drug-likeness (QED) is 0.542. The highest BCUT2D eigenvalue weighted by molar-refractivity contribution is 5.79. The third-order valence-corrected chi connectivity index (χ3v) is 3.84. The zero-order valence-corrected chi connectivity index (χ0v) is 11.9. The first kappa shape index (κ1) is 13.6. The summed E-state index contributed by atoms with van der Waals surface area (Å²) in [4.78, 5) is 22.8. The Morgan fingerprint density at radius 2 is 2.38 bits per heavy atom. The lowest BCUT2D eigenvalue weighted by molar-refractivity contribution is -0.124. The number of fused-ring (bicyclic) bond motifs is 1. The number of hydrogen-bond acceptors (Lipinski definition) is 6. The lowest BCUT2D eigenvalue weighted by atomic mass is 9.97. The van der Waals surface area contributed by atoms with Crippen molar-refractivity contribution in [3.63, 3.8) is 0 Å². The van der Waals surface area contributed by atoms with Gasteiger partial charge >= 0.3 is 0 Å². The van der Waals surface area contributed by atoms with Crippen molar-refractivity contribution in [2.24, 2.45) is 11.8 Å². The molecule has 1 saturated heterocycles. The Kier molecular flexibility index (Phi) is 3.61. The Bertz CT molecular complexity index is 653. The minimum atomic E-state index is -0.0185. The third-order valence-electron chi connectivity index (χ3n) is 3.84. The van der Waals surface area contributed by atoms with Crippen molar-refractivity contribution in [1.29, 1.82) is 0 Å². The highest BCUT2D eigenvalue weighted by Crippen LogP contribution is 2.26. The van der Waals surface area contributed by atoms with Crippen molar-refractivity contribution in [3.8, 4) is 0 Å². The van der Waals surface area contributed by atoms with Crippen LogP contribution in [0.1, 0.15) is 12.8 Å². The number of aromatic nitrogens is 3. The maximum Gasteiger partial charge on any atom is 0.224 e. The highest BCUT2D eigenvalue weighted by Gasteiger charge is 2.27. The van der Waals surface area contributed by atoms with E-state index in [1.54, 1.807) is 19.4 Å². The lowest BCUT2D eigenvalue weighted by Crippen LogP contribution is -2.42. The van der Waals surface area contributed by atoms with E-state index >= 15 is 0 Å². The largest absolute Gasteiger partial charge is 0.359 e. The van der Waals surface area contributed by atoms with Crippen molar-refractivity contribution in [2.75, 3.05) is 30.5 Å². The molecule has 3 heterocycles. The number of anilines is 2. The maximum atomic E-state index is 11.9. The topological polar surface area (TPSA) is 101 Å². The second-order valence-corrected chi connectivity index (χ2v) is 5.15. The molecule has 1 atom stereocenters. The molecular formula is C13H19N7O. The number of carbonyl (C=O) groups is 1. The van der Waals surface area contributed by atoms with Crippen LogP contribution in [0.25, 0.3) is 5.65 Å². The van der Waals surface area contributed by atoms with Gasteiger partial charge in [-0.15, -0.1) is 0 Å². The Hall–Kier alpha value is -2.35. The van der Waals surface area contributed by atoms with Gasteiger partial charge in [0.15, 0.2) is 17.3 Å². The van der Waals surface area contributed by atoms with Gasteiger partial charge in [-0.2, -0.15) is 0 Å². The minimum Gasteiger partial charge on any atom is -0.359 e. The van der Waals surface area contributed by atoms with Crippen LogP contribution in [0, 0.1) is 5.92 Å². The SMILES string of the molecule is CNC(=O)C1CCCN(c2nc(NN)cn3ccnc23)C1. The first-order valence-electron chi connectivity index (χ1n) is 7.00. The number of nitrogens with two attached hydrogens (primary N) is 1. The zero-order chi connectivity index (χ0) is 14.8. The fourth-order valence-electron chi connectivity index (χ4n) is 2.78. The molecule has 0 radical (unpaired) electrons. The molecule has 0 aromatic carbocycles. The Labute approximate surface area is 122 Å². The molecule has 4 N–H and O–H groups in total. The van der Waals surface area contributed by atoms with E-state index in [9.17, 15) is 4.79 Å². The molecule has 8 heteroatoms. The minimum absolute atomic E-state index is 0.0185. The van der Waals surface area contributed by atoms with Gasteiger partial charge < -0.3 is 20.0 Å². The fourth-order valence-corrected chi connectivity index (χ4v) is 2.78. The van der Waals surface area contributed by atoms with Crippen LogP contribution in [0.5, 0.6) is 0 Å². The van der Waals surface area contributed by atoms with E-state index in [-0.39, 0.29) is 11.8 Å². The maximum absolute atomic E-state index is 11.9. The van der Waals surface area contributed by atoms with E-state index in [2.05, 4.69) is 25.6 Å². The van der Waals surface area contributed by atoms with Crippen molar-refractivity contribution in [1.82, 2.24) is 19.7 Å². The van der Waals surface area contributed by atoms with E-state index in [0.29, 0.717) is 12.4 Å². The van der Waals surface area contributed by atoms with Gasteiger partial charge in [-0.3, -0.25) is 4.79 Å². The molecule has 1 fully saturated rings. The zero-order valence-electron chi connectivity index (χ0n) is 11.9. The molecule has 1 unspecified atom stereocenters. The van der Waals surface area contributed by atoms with Crippen molar-refractivity contribution in [2.45, 2.75) is 12.8 Å². The first-order chi connectivity index (χ1) is 10.2. The number of nitrogen functional groups attached to an aromatic ring is 1. The van der Waals surface area contributed by atoms with Gasteiger partial charge in [0.2, 0.25) is 5.91 Å². The van der Waals surface area contributed by atoms with Crippen molar-refractivity contribution < 1.29 is 4.79 Å². The van der Waals surface area contributed by atoms with Gasteiger partial charge in [-0.25, -0.2) is 15.8 Å². The van der Waals surface area contributed by atoms with E-state index in [4.69, 9.17) is 5.84 Å². The smallest absolute Gasteiger partial charge is 0.224 e. The molecule has 0 spiro atoms. The summed E-state index contributed by atoms with van der Waals surface area (Å²) in [6.07, 6.45) is 7.21. The number of nitrogens with one attached hydrogen (secondary N) is 2. The molecule has 3 rings (SSSR count). The van der Waals surface area contributed by atoms with E-state index in [1.165, 1.54) is 0 Å². The molecule has 1 amide bonds. The summed E-state index contributed by atoms with van der Waals surface area (Å²) in [5, 5.41) is 2.72. The highest BCUT2D eigenvalue weighted by atomic mass is 16.1. The number of hydrogen-bond donors (Lipinski definition) is 3. The number of piperidine rings is 1. The number of rotatable bonds is 3. The van der Waals surface area contributed by atoms with Crippen LogP contribution >= 0.6 is 0 Å². The van der Waals surface area contributed by atoms with Gasteiger partial charge in [-0.05, 0) is 12.8 Å². The Morgan fingerprint density at radius 1 is 1.52 bits per heavy atom. The predicted molar refractivity (Wildman–Crippen MR) is 79.8 cm³/mol. The standard InChI is InChI=1S/C13H19N7O/c1-15-13(21)9-3-2-5-19(7-9)12-11-16-4-6-20(11)8-10(17-12)18-14/h4,6,8-9,18H,2-3,5,7,14H2,1H3,(H,15,21). The van der Waals surface area contributed by atoms with Crippen LogP contribution in [0.2, 0.25) is 0 Å². The average Bonchev–Trinajstić information content (AvgIpc) is 3.01. The number of nitrogens with zero attached hydrogens (tertiary/aromatic N) is 4. The first-order valence-corrected chi connectivity index (χ1v) is 7.00. The number of amides is 1. The summed E-state index contributed by atoms with van der Waals surface area (Å²) in [5.74, 6) is 6.85. The summed E-state index contributed by atoms with van der Waals surface area (Å²) < 4.78 is 1.88. The summed E-state index contributed by atoms with van der Waals surface area (Å²) in [5.41, 5.74) is 3.34. The van der Waals surface area contributed by atoms with E-state index in [0.717, 1.165) is 30.9 Å². The van der Waals surface area contributed by atoms with E-state index in [1.807, 2.05) is 10.6 Å². The van der Waals surface area contributed by atoms with Crippen molar-refractivity contribution >= 4 is 23.2 Å². The molecule has 112 valence electrons. The van der Waals surface area contributed by atoms with Gasteiger partial charge in [0.05, 0.1) is 12.1 Å². The Balaban J connectivity index is 1.95. The molecule has 2 aromatic heterocycles. The second-order valence-electron chi connectivity index (χ2n) is 5.15. The van der Waals surface area contributed by atoms with Crippen LogP contribution in [0.4, 0.5) is 11.6 Å². The number of carbonyl (C=O) groups excluding carboxylic acids is 1. The van der Waals surface area contributed by atoms with Crippen molar-refractivity contribution in [3.05, 3.63) is 18.6 Å². The summed E-state index contributed by atoms with van der Waals surface area (Å²) in [6.45, 7) is 1.50.